The van der Waals surface area contributed by atoms with Crippen molar-refractivity contribution in [2.45, 2.75) is 116 Å². The van der Waals surface area contributed by atoms with E-state index in [0.29, 0.717) is 42.3 Å². The maximum atomic E-state index is 13.7. The van der Waals surface area contributed by atoms with Gasteiger partial charge >= 0.3 is 11.9 Å². The number of benzene rings is 2. The highest BCUT2D eigenvalue weighted by Gasteiger charge is 2.45. The maximum Gasteiger partial charge on any atom is 0.342 e. The average Bonchev–Trinajstić information content (AvgIpc) is 3.37. The summed E-state index contributed by atoms with van der Waals surface area (Å²) in [6.07, 6.45) is 5.05. The maximum absolute atomic E-state index is 13.7. The van der Waals surface area contributed by atoms with Crippen molar-refractivity contribution in [2.24, 2.45) is 5.92 Å². The number of methoxy groups -OCH3 is 1. The summed E-state index contributed by atoms with van der Waals surface area (Å²) in [5.41, 5.74) is 1.25. The zero-order valence-corrected chi connectivity index (χ0v) is 35.6. The fraction of sp³-hybridized carbons (Fsp3) is 0.561. The number of aliphatic hydroxyl groups excluding tert-OH is 1. The molecule has 1 fully saturated rings. The quantitative estimate of drug-likeness (QED) is 0.0607. The molecule has 0 bridgehead atoms. The number of hydrogen-bond donors (Lipinski definition) is 1. The van der Waals surface area contributed by atoms with Gasteiger partial charge in [-0.25, -0.2) is 9.59 Å². The first-order chi connectivity index (χ1) is 24.8. The van der Waals surface area contributed by atoms with Crippen molar-refractivity contribution in [1.82, 2.24) is 0 Å². The second-order valence-electron chi connectivity index (χ2n) is 16.5. The van der Waals surface area contributed by atoms with Crippen molar-refractivity contribution in [3.63, 3.8) is 0 Å². The molecule has 2 aromatic carbocycles. The van der Waals surface area contributed by atoms with Gasteiger partial charge in [-0.3, -0.25) is 0 Å². The fourth-order valence-corrected chi connectivity index (χ4v) is 6.79. The topological polar surface area (TPSA) is 119 Å². The lowest BCUT2D eigenvalue weighted by molar-refractivity contribution is -0.152. The Hall–Kier alpha value is -3.27. The molecule has 0 amide bonds. The van der Waals surface area contributed by atoms with Crippen molar-refractivity contribution in [3.05, 3.63) is 77.4 Å². The molecule has 5 atom stereocenters. The number of esters is 2. The summed E-state index contributed by atoms with van der Waals surface area (Å²) in [6.45, 7) is 21.6. The average molecular weight is 771 g/mol. The van der Waals surface area contributed by atoms with E-state index in [-0.39, 0.29) is 18.3 Å². The van der Waals surface area contributed by atoms with E-state index in [1.54, 1.807) is 43.3 Å². The van der Waals surface area contributed by atoms with Gasteiger partial charge in [-0.2, -0.15) is 0 Å². The molecular formula is C41H62O10Si2. The molecule has 0 spiro atoms. The summed E-state index contributed by atoms with van der Waals surface area (Å²) >= 11 is 0. The van der Waals surface area contributed by atoms with E-state index in [1.165, 1.54) is 7.11 Å². The van der Waals surface area contributed by atoms with Crippen molar-refractivity contribution in [3.8, 4) is 11.5 Å². The normalized spacial score (nSPS) is 19.2. The lowest BCUT2D eigenvalue weighted by Gasteiger charge is -2.25. The Morgan fingerprint density at radius 1 is 0.906 bits per heavy atom. The summed E-state index contributed by atoms with van der Waals surface area (Å²) in [5.74, 6) is -1.29. The summed E-state index contributed by atoms with van der Waals surface area (Å²) in [6, 6.07) is 14.1. The van der Waals surface area contributed by atoms with E-state index in [1.807, 2.05) is 51.1 Å². The van der Waals surface area contributed by atoms with Gasteiger partial charge in [0.1, 0.15) is 29.3 Å². The predicted octanol–water partition coefficient (Wildman–Crippen LogP) is 8.60. The molecule has 1 N–H and O–H groups in total. The molecule has 1 heterocycles. The fourth-order valence-electron chi connectivity index (χ4n) is 5.36. The van der Waals surface area contributed by atoms with Crippen LogP contribution in [0.3, 0.4) is 0 Å². The molecule has 0 aromatic heterocycles. The van der Waals surface area contributed by atoms with E-state index in [4.69, 9.17) is 33.2 Å². The largest absolute Gasteiger partial charge is 0.494 e. The van der Waals surface area contributed by atoms with Crippen LogP contribution in [0.2, 0.25) is 51.4 Å². The van der Waals surface area contributed by atoms with Crippen molar-refractivity contribution in [2.75, 3.05) is 27.1 Å². The molecule has 3 unspecified atom stereocenters. The summed E-state index contributed by atoms with van der Waals surface area (Å²) < 4.78 is 42.0. The molecule has 1 saturated heterocycles. The Kier molecular flexibility index (Phi) is 16.6. The molecular weight excluding hydrogens is 709 g/mol. The minimum Gasteiger partial charge on any atom is -0.494 e. The van der Waals surface area contributed by atoms with Gasteiger partial charge in [0, 0.05) is 29.3 Å². The van der Waals surface area contributed by atoms with Gasteiger partial charge < -0.3 is 38.3 Å². The van der Waals surface area contributed by atoms with Gasteiger partial charge in [0.15, 0.2) is 12.6 Å². The molecule has 1 aliphatic rings. The van der Waals surface area contributed by atoms with Crippen LogP contribution in [-0.4, -0.2) is 90.5 Å². The Morgan fingerprint density at radius 2 is 1.57 bits per heavy atom. The Balaban J connectivity index is 1.99. The third kappa shape index (κ3) is 15.2. The molecule has 3 rings (SSSR count). The molecule has 2 aromatic rings. The number of rotatable bonds is 20. The number of carbonyl (C=O) groups excluding carboxylic acids is 2. The zero-order valence-electron chi connectivity index (χ0n) is 33.6. The predicted molar refractivity (Wildman–Crippen MR) is 214 cm³/mol. The highest BCUT2D eigenvalue weighted by Crippen LogP contribution is 2.35. The summed E-state index contributed by atoms with van der Waals surface area (Å²) in [5, 5.41) is 10.2. The molecule has 0 saturated carbocycles. The molecule has 294 valence electrons. The smallest absolute Gasteiger partial charge is 0.342 e. The molecule has 10 nitrogen and oxygen atoms in total. The Morgan fingerprint density at radius 3 is 2.19 bits per heavy atom. The van der Waals surface area contributed by atoms with Gasteiger partial charge in [-0.1, -0.05) is 82.6 Å². The van der Waals surface area contributed by atoms with E-state index in [0.717, 1.165) is 12.1 Å². The first-order valence-electron chi connectivity index (χ1n) is 18.5. The third-order valence-electron chi connectivity index (χ3n) is 8.68. The van der Waals surface area contributed by atoms with Gasteiger partial charge in [-0.05, 0) is 75.0 Å². The van der Waals surface area contributed by atoms with Crippen molar-refractivity contribution >= 4 is 34.2 Å². The van der Waals surface area contributed by atoms with Crippen LogP contribution in [0.25, 0.3) is 6.08 Å². The van der Waals surface area contributed by atoms with E-state index < -0.39 is 58.3 Å². The van der Waals surface area contributed by atoms with Crippen LogP contribution in [-0.2, 0) is 23.7 Å². The summed E-state index contributed by atoms with van der Waals surface area (Å²) in [7, 11) is -1.30. The van der Waals surface area contributed by atoms with E-state index >= 15 is 0 Å². The van der Waals surface area contributed by atoms with Crippen LogP contribution in [0, 0.1) is 5.92 Å². The van der Waals surface area contributed by atoms with Crippen LogP contribution in [0.5, 0.6) is 11.5 Å². The highest BCUT2D eigenvalue weighted by molar-refractivity contribution is 6.76. The second-order valence-corrected chi connectivity index (χ2v) is 27.8. The monoisotopic (exact) mass is 770 g/mol. The molecule has 1 aliphatic heterocycles. The molecule has 12 heteroatoms. The van der Waals surface area contributed by atoms with Gasteiger partial charge in [0.05, 0.1) is 31.0 Å². The molecule has 0 aliphatic carbocycles. The Bertz CT molecular complexity index is 1530. The number of aliphatic hydroxyl groups is 1. The SMILES string of the molecule is COCOc1cc(OCC[Si](C)(C)C)cc(/C=C/CC2OC(C)(C)OC2C(/C=C\[C@@H](C)[C@H](C)O)OC(=O)c2ccccc2)c1C(=O)OCC[Si](C)(C)C. The first-order valence-corrected chi connectivity index (χ1v) is 25.9. The van der Waals surface area contributed by atoms with Gasteiger partial charge in [0.25, 0.3) is 0 Å². The first kappa shape index (κ1) is 44.1. The van der Waals surface area contributed by atoms with Crippen molar-refractivity contribution < 1.29 is 47.9 Å². The molecule has 53 heavy (non-hydrogen) atoms. The van der Waals surface area contributed by atoms with Crippen LogP contribution < -0.4 is 9.47 Å². The molecule has 0 radical (unpaired) electrons. The van der Waals surface area contributed by atoms with Crippen LogP contribution >= 0.6 is 0 Å². The third-order valence-corrected chi connectivity index (χ3v) is 12.1. The van der Waals surface area contributed by atoms with Gasteiger partial charge in [-0.15, -0.1) is 0 Å². The Labute approximate surface area is 318 Å². The van der Waals surface area contributed by atoms with E-state index in [2.05, 4.69) is 39.3 Å². The lowest BCUT2D eigenvalue weighted by Crippen LogP contribution is -2.37. The standard InChI is InChI=1S/C41H62O10Si2/c1-29(30(2)42)20-21-34(49-39(43)31-16-13-12-14-17-31)38-35(50-41(3,4)51-38)19-15-18-32-26-33(46-22-24-52(6,7)8)27-36(48-28-45-5)37(32)40(44)47-23-25-53(9,10)11/h12-18,20-21,26-27,29-30,34-35,38,42H,19,22-25,28H2,1-11H3/b18-15+,21-20-/t29-,30+,34?,35?,38?/m1/s1. The van der Waals surface area contributed by atoms with E-state index in [9.17, 15) is 14.7 Å². The minimum atomic E-state index is -1.46. The number of ether oxygens (including phenoxy) is 7. The minimum absolute atomic E-state index is 0.0645. The zero-order chi connectivity index (χ0) is 39.4. The second kappa shape index (κ2) is 19.9. The highest BCUT2D eigenvalue weighted by atomic mass is 28.3. The van der Waals surface area contributed by atoms with Crippen molar-refractivity contribution in [1.29, 1.82) is 0 Å². The number of carbonyl (C=O) groups is 2. The summed E-state index contributed by atoms with van der Waals surface area (Å²) in [4.78, 5) is 27.0. The lowest BCUT2D eigenvalue weighted by atomic mass is 9.99. The van der Waals surface area contributed by atoms with Crippen LogP contribution in [0.15, 0.2) is 60.7 Å². The number of hydrogen-bond acceptors (Lipinski definition) is 10. The van der Waals surface area contributed by atoms with Crippen LogP contribution in [0.1, 0.15) is 60.4 Å². The van der Waals surface area contributed by atoms with Gasteiger partial charge in [0.2, 0.25) is 0 Å². The van der Waals surface area contributed by atoms with Crippen LogP contribution in [0.4, 0.5) is 0 Å².